The van der Waals surface area contributed by atoms with Crippen LogP contribution in [0.4, 0.5) is 0 Å². The third-order valence-electron chi connectivity index (χ3n) is 3.29. The van der Waals surface area contributed by atoms with Gasteiger partial charge in [-0.3, -0.25) is 4.79 Å². The van der Waals surface area contributed by atoms with Crippen LogP contribution < -0.4 is 15.6 Å². The van der Waals surface area contributed by atoms with Crippen molar-refractivity contribution in [2.75, 3.05) is 26.3 Å². The Morgan fingerprint density at radius 2 is 2.14 bits per heavy atom. The van der Waals surface area contributed by atoms with Gasteiger partial charge in [-0.25, -0.2) is 0 Å². The zero-order valence-electron chi connectivity index (χ0n) is 12.7. The summed E-state index contributed by atoms with van der Waals surface area (Å²) in [6.45, 7) is 4.48. The van der Waals surface area contributed by atoms with E-state index in [1.54, 1.807) is 6.07 Å². The standard InChI is InChI=1S/C16H22N2O3.ClH/c1-12(11-19)10-17-8-3-9-21-15-5-2-4-14-13(15)6-7-16(20)18-14;/h2,4-7,12,17,19H,3,8-11H2,1H3,(H,18,20);1H. The van der Waals surface area contributed by atoms with Crippen molar-refractivity contribution in [3.8, 4) is 5.75 Å². The highest BCUT2D eigenvalue weighted by molar-refractivity contribution is 5.85. The third kappa shape index (κ3) is 5.33. The molecule has 6 heteroatoms. The number of aromatic nitrogens is 1. The van der Waals surface area contributed by atoms with E-state index in [1.165, 1.54) is 6.07 Å². The Morgan fingerprint density at radius 3 is 2.91 bits per heavy atom. The number of H-pyrrole nitrogens is 1. The van der Waals surface area contributed by atoms with Crippen LogP contribution in [-0.4, -0.2) is 36.4 Å². The molecule has 0 aliphatic rings. The molecule has 0 bridgehead atoms. The van der Waals surface area contributed by atoms with E-state index < -0.39 is 0 Å². The number of benzene rings is 1. The molecule has 0 radical (unpaired) electrons. The summed E-state index contributed by atoms with van der Waals surface area (Å²) in [6.07, 6.45) is 0.887. The Hall–Kier alpha value is -1.56. The van der Waals surface area contributed by atoms with Gasteiger partial charge in [-0.2, -0.15) is 0 Å². The minimum Gasteiger partial charge on any atom is -0.493 e. The quantitative estimate of drug-likeness (QED) is 0.648. The lowest BCUT2D eigenvalue weighted by Gasteiger charge is -2.11. The van der Waals surface area contributed by atoms with Crippen molar-refractivity contribution in [1.82, 2.24) is 10.3 Å². The van der Waals surface area contributed by atoms with Crippen molar-refractivity contribution in [1.29, 1.82) is 0 Å². The molecule has 0 aliphatic heterocycles. The number of aliphatic hydroxyl groups is 1. The summed E-state index contributed by atoms with van der Waals surface area (Å²) in [7, 11) is 0. The monoisotopic (exact) mass is 326 g/mol. The molecule has 3 N–H and O–H groups in total. The fraction of sp³-hybridized carbons (Fsp3) is 0.438. The molecule has 0 saturated carbocycles. The molecule has 0 spiro atoms. The number of ether oxygens (including phenoxy) is 1. The molecule has 1 aromatic heterocycles. The first-order chi connectivity index (χ1) is 10.2. The van der Waals surface area contributed by atoms with Crippen molar-refractivity contribution in [3.05, 3.63) is 40.7 Å². The number of pyridine rings is 1. The molecule has 122 valence electrons. The largest absolute Gasteiger partial charge is 0.493 e. The van der Waals surface area contributed by atoms with Crippen molar-refractivity contribution >= 4 is 23.3 Å². The molecule has 22 heavy (non-hydrogen) atoms. The van der Waals surface area contributed by atoms with Crippen LogP contribution in [0.5, 0.6) is 5.75 Å². The molecule has 0 fully saturated rings. The van der Waals surface area contributed by atoms with Gasteiger partial charge < -0.3 is 20.1 Å². The third-order valence-corrected chi connectivity index (χ3v) is 3.29. The summed E-state index contributed by atoms with van der Waals surface area (Å²) in [5.74, 6) is 1.06. The van der Waals surface area contributed by atoms with Gasteiger partial charge in [-0.15, -0.1) is 12.4 Å². The summed E-state index contributed by atoms with van der Waals surface area (Å²) in [4.78, 5) is 14.1. The highest BCUT2D eigenvalue weighted by Crippen LogP contribution is 2.22. The van der Waals surface area contributed by atoms with Gasteiger partial charge in [0.2, 0.25) is 5.56 Å². The van der Waals surface area contributed by atoms with Crippen molar-refractivity contribution in [2.45, 2.75) is 13.3 Å². The van der Waals surface area contributed by atoms with Crippen molar-refractivity contribution in [3.63, 3.8) is 0 Å². The van der Waals surface area contributed by atoms with E-state index in [4.69, 9.17) is 9.84 Å². The summed E-state index contributed by atoms with van der Waals surface area (Å²) in [5, 5.41) is 13.1. The van der Waals surface area contributed by atoms with Crippen LogP contribution in [0.1, 0.15) is 13.3 Å². The molecular weight excluding hydrogens is 304 g/mol. The van der Waals surface area contributed by atoms with Gasteiger partial charge in [0.15, 0.2) is 0 Å². The van der Waals surface area contributed by atoms with E-state index in [0.717, 1.165) is 36.2 Å². The number of rotatable bonds is 8. The van der Waals surface area contributed by atoms with Gasteiger partial charge in [0, 0.05) is 18.1 Å². The number of hydrogen-bond donors (Lipinski definition) is 3. The van der Waals surface area contributed by atoms with E-state index in [1.807, 2.05) is 25.1 Å². The number of aliphatic hydroxyl groups excluding tert-OH is 1. The average molecular weight is 327 g/mol. The number of nitrogens with one attached hydrogen (secondary N) is 2. The molecule has 1 unspecified atom stereocenters. The Balaban J connectivity index is 0.00000242. The molecular formula is C16H23ClN2O3. The van der Waals surface area contributed by atoms with Crippen molar-refractivity contribution in [2.24, 2.45) is 5.92 Å². The highest BCUT2D eigenvalue weighted by Gasteiger charge is 2.02. The lowest BCUT2D eigenvalue weighted by molar-refractivity contribution is 0.232. The van der Waals surface area contributed by atoms with Gasteiger partial charge in [0.25, 0.3) is 0 Å². The van der Waals surface area contributed by atoms with Gasteiger partial charge in [0.1, 0.15) is 5.75 Å². The molecule has 0 aliphatic carbocycles. The molecule has 0 amide bonds. The minimum atomic E-state index is -0.109. The summed E-state index contributed by atoms with van der Waals surface area (Å²) in [6, 6.07) is 8.93. The average Bonchev–Trinajstić information content (AvgIpc) is 2.50. The Labute approximate surface area is 136 Å². The second kappa shape index (κ2) is 9.46. The second-order valence-electron chi connectivity index (χ2n) is 5.23. The van der Waals surface area contributed by atoms with E-state index in [2.05, 4.69) is 10.3 Å². The summed E-state index contributed by atoms with van der Waals surface area (Å²) >= 11 is 0. The lowest BCUT2D eigenvalue weighted by atomic mass is 10.2. The normalized spacial score (nSPS) is 11.9. The Morgan fingerprint density at radius 1 is 1.32 bits per heavy atom. The number of hydrogen-bond acceptors (Lipinski definition) is 4. The highest BCUT2D eigenvalue weighted by atomic mass is 35.5. The SMILES string of the molecule is CC(CO)CNCCCOc1cccc2[nH]c(=O)ccc12.Cl. The molecule has 0 saturated heterocycles. The van der Waals surface area contributed by atoms with E-state index in [-0.39, 0.29) is 30.5 Å². The van der Waals surface area contributed by atoms with Gasteiger partial charge >= 0.3 is 0 Å². The Bertz CT molecular complexity index is 630. The van der Waals surface area contributed by atoms with Crippen LogP contribution in [-0.2, 0) is 0 Å². The molecule has 2 rings (SSSR count). The van der Waals surface area contributed by atoms with E-state index >= 15 is 0 Å². The maximum absolute atomic E-state index is 11.3. The molecule has 1 atom stereocenters. The molecule has 5 nitrogen and oxygen atoms in total. The van der Waals surface area contributed by atoms with E-state index in [0.29, 0.717) is 6.61 Å². The molecule has 2 aromatic rings. The van der Waals surface area contributed by atoms with Crippen LogP contribution in [0.2, 0.25) is 0 Å². The van der Waals surface area contributed by atoms with Crippen LogP contribution in [0.15, 0.2) is 35.1 Å². The van der Waals surface area contributed by atoms with Crippen molar-refractivity contribution < 1.29 is 9.84 Å². The summed E-state index contributed by atoms with van der Waals surface area (Å²) < 4.78 is 5.78. The minimum absolute atomic E-state index is 0. The smallest absolute Gasteiger partial charge is 0.248 e. The van der Waals surface area contributed by atoms with Crippen LogP contribution in [0.3, 0.4) is 0 Å². The predicted molar refractivity (Wildman–Crippen MR) is 91.0 cm³/mol. The maximum Gasteiger partial charge on any atom is 0.248 e. The number of aromatic amines is 1. The maximum atomic E-state index is 11.3. The first-order valence-corrected chi connectivity index (χ1v) is 7.27. The van der Waals surface area contributed by atoms with Crippen LogP contribution in [0, 0.1) is 5.92 Å². The summed E-state index contributed by atoms with van der Waals surface area (Å²) in [5.41, 5.74) is 0.678. The fourth-order valence-corrected chi connectivity index (χ4v) is 2.08. The molecule has 1 aromatic carbocycles. The zero-order valence-corrected chi connectivity index (χ0v) is 13.5. The lowest BCUT2D eigenvalue weighted by Crippen LogP contribution is -2.25. The fourth-order valence-electron chi connectivity index (χ4n) is 2.08. The van der Waals surface area contributed by atoms with Gasteiger partial charge in [-0.05, 0) is 43.6 Å². The topological polar surface area (TPSA) is 74.3 Å². The zero-order chi connectivity index (χ0) is 15.1. The first-order valence-electron chi connectivity index (χ1n) is 7.27. The van der Waals surface area contributed by atoms with Crippen LogP contribution in [0.25, 0.3) is 10.9 Å². The second-order valence-corrected chi connectivity index (χ2v) is 5.23. The first kappa shape index (κ1) is 18.5. The van der Waals surface area contributed by atoms with E-state index in [9.17, 15) is 4.79 Å². The molecule has 1 heterocycles. The predicted octanol–water partition coefficient (Wildman–Crippen LogP) is 1.94. The van der Waals surface area contributed by atoms with Gasteiger partial charge in [-0.1, -0.05) is 13.0 Å². The number of halogens is 1. The Kier molecular flexibility index (Phi) is 7.95. The van der Waals surface area contributed by atoms with Crippen LogP contribution >= 0.6 is 12.4 Å². The number of fused-ring (bicyclic) bond motifs is 1. The van der Waals surface area contributed by atoms with Gasteiger partial charge in [0.05, 0.1) is 12.1 Å².